The number of carbonyl (C=O) groups is 1. The zero-order valence-corrected chi connectivity index (χ0v) is 18.8. The second kappa shape index (κ2) is 8.62. The molecule has 0 aliphatic rings. The molecule has 2 aromatic carbocycles. The molecule has 2 aromatic heterocycles. The third kappa shape index (κ3) is 4.13. The van der Waals surface area contributed by atoms with E-state index in [-0.39, 0.29) is 5.91 Å². The Labute approximate surface area is 185 Å². The largest absolute Gasteiger partial charge is 0.321 e. The van der Waals surface area contributed by atoms with Crippen molar-refractivity contribution in [3.8, 4) is 0 Å². The van der Waals surface area contributed by atoms with Gasteiger partial charge in [0.05, 0.1) is 17.1 Å². The highest BCUT2D eigenvalue weighted by atomic mass is 35.5. The fraction of sp³-hybridized carbons (Fsp3) is 0.250. The lowest BCUT2D eigenvalue weighted by Crippen LogP contribution is -2.10. The summed E-state index contributed by atoms with van der Waals surface area (Å²) in [6, 6.07) is 17.8. The molecular weight excluding hydrogens is 414 g/mol. The molecular formula is C24H24ClN3OS. The number of aryl methyl sites for hydroxylation is 1. The monoisotopic (exact) mass is 437 g/mol. The summed E-state index contributed by atoms with van der Waals surface area (Å²) in [4.78, 5) is 14.5. The number of carbonyl (C=O) groups excluding carboxylic acids is 1. The maximum atomic E-state index is 12.8. The number of hydrogen-bond donors (Lipinski definition) is 1. The molecule has 4 aromatic rings. The highest BCUT2D eigenvalue weighted by Crippen LogP contribution is 2.30. The summed E-state index contributed by atoms with van der Waals surface area (Å²) < 4.78 is 1.92. The van der Waals surface area contributed by atoms with Crippen molar-refractivity contribution < 1.29 is 4.79 Å². The minimum atomic E-state index is -0.101. The van der Waals surface area contributed by atoms with Crippen molar-refractivity contribution in [1.29, 1.82) is 0 Å². The van der Waals surface area contributed by atoms with E-state index in [1.807, 2.05) is 54.1 Å². The second-order valence-electron chi connectivity index (χ2n) is 7.55. The number of halogens is 1. The van der Waals surface area contributed by atoms with Gasteiger partial charge >= 0.3 is 0 Å². The Hall–Kier alpha value is -2.63. The molecule has 6 heteroatoms. The van der Waals surface area contributed by atoms with Gasteiger partial charge in [0.2, 0.25) is 0 Å². The molecule has 0 radical (unpaired) electrons. The van der Waals surface area contributed by atoms with Gasteiger partial charge in [0, 0.05) is 16.1 Å². The molecule has 4 rings (SSSR count). The van der Waals surface area contributed by atoms with Crippen LogP contribution >= 0.6 is 22.9 Å². The first-order chi connectivity index (χ1) is 14.5. The van der Waals surface area contributed by atoms with Crippen molar-refractivity contribution in [2.45, 2.75) is 39.7 Å². The van der Waals surface area contributed by atoms with Gasteiger partial charge in [-0.05, 0) is 54.7 Å². The van der Waals surface area contributed by atoms with Crippen LogP contribution in [0.3, 0.4) is 0 Å². The van der Waals surface area contributed by atoms with E-state index in [2.05, 4.69) is 36.4 Å². The number of rotatable bonds is 6. The Morgan fingerprint density at radius 2 is 1.93 bits per heavy atom. The molecule has 0 aliphatic heterocycles. The lowest BCUT2D eigenvalue weighted by molar-refractivity contribution is 0.103. The topological polar surface area (TPSA) is 46.9 Å². The molecule has 1 atom stereocenters. The number of thiophene rings is 1. The average molecular weight is 438 g/mol. The molecule has 0 aliphatic carbocycles. The van der Waals surface area contributed by atoms with Gasteiger partial charge in [-0.1, -0.05) is 55.8 Å². The number of aromatic nitrogens is 2. The standard InChI is InChI=1S/C24H24ClN3OS/c1-4-15(2)17-9-11-19(12-10-17)26-23(29)22-13-20-16(3)27-28(24(20)30-22)14-18-7-5-6-8-21(18)25/h5-13,15H,4,14H2,1-3H3,(H,26,29). The molecule has 30 heavy (non-hydrogen) atoms. The first-order valence-corrected chi connectivity index (χ1v) is 11.3. The summed E-state index contributed by atoms with van der Waals surface area (Å²) in [6.45, 7) is 6.92. The van der Waals surface area contributed by atoms with E-state index in [4.69, 9.17) is 11.6 Å². The molecule has 1 unspecified atom stereocenters. The Bertz CT molecular complexity index is 1190. The third-order valence-corrected chi connectivity index (χ3v) is 6.98. The number of anilines is 1. The lowest BCUT2D eigenvalue weighted by atomic mass is 9.99. The normalized spacial score (nSPS) is 12.3. The third-order valence-electron chi connectivity index (χ3n) is 5.46. The van der Waals surface area contributed by atoms with Crippen LogP contribution < -0.4 is 5.32 Å². The van der Waals surface area contributed by atoms with Crippen molar-refractivity contribution in [2.75, 3.05) is 5.32 Å². The fourth-order valence-corrected chi connectivity index (χ4v) is 4.69. The van der Waals surface area contributed by atoms with Crippen LogP contribution in [-0.4, -0.2) is 15.7 Å². The molecule has 2 heterocycles. The summed E-state index contributed by atoms with van der Waals surface area (Å²) in [5.74, 6) is 0.414. The number of hydrogen-bond acceptors (Lipinski definition) is 3. The van der Waals surface area contributed by atoms with E-state index in [9.17, 15) is 4.79 Å². The second-order valence-corrected chi connectivity index (χ2v) is 8.99. The van der Waals surface area contributed by atoms with Crippen LogP contribution in [0.4, 0.5) is 5.69 Å². The Balaban J connectivity index is 1.56. The van der Waals surface area contributed by atoms with E-state index >= 15 is 0 Å². The predicted octanol–water partition coefficient (Wildman–Crippen LogP) is 6.87. The van der Waals surface area contributed by atoms with Gasteiger partial charge in [-0.25, -0.2) is 0 Å². The van der Waals surface area contributed by atoms with E-state index in [1.165, 1.54) is 16.9 Å². The van der Waals surface area contributed by atoms with Gasteiger partial charge < -0.3 is 5.32 Å². The van der Waals surface area contributed by atoms with Gasteiger partial charge in [-0.15, -0.1) is 11.3 Å². The maximum Gasteiger partial charge on any atom is 0.265 e. The van der Waals surface area contributed by atoms with Crippen LogP contribution in [0.5, 0.6) is 0 Å². The SMILES string of the molecule is CCC(C)c1ccc(NC(=O)c2cc3c(C)nn(Cc4ccccc4Cl)c3s2)cc1. The molecule has 154 valence electrons. The molecule has 0 spiro atoms. The number of fused-ring (bicyclic) bond motifs is 1. The highest BCUT2D eigenvalue weighted by molar-refractivity contribution is 7.20. The molecule has 0 saturated heterocycles. The number of nitrogens with one attached hydrogen (secondary N) is 1. The van der Waals surface area contributed by atoms with Crippen LogP contribution in [0.15, 0.2) is 54.6 Å². The summed E-state index contributed by atoms with van der Waals surface area (Å²) in [6.07, 6.45) is 1.10. The van der Waals surface area contributed by atoms with E-state index in [0.717, 1.165) is 33.6 Å². The minimum Gasteiger partial charge on any atom is -0.321 e. The van der Waals surface area contributed by atoms with Crippen molar-refractivity contribution >= 4 is 44.7 Å². The minimum absolute atomic E-state index is 0.101. The molecule has 4 nitrogen and oxygen atoms in total. The van der Waals surface area contributed by atoms with Gasteiger partial charge in [0.25, 0.3) is 5.91 Å². The first-order valence-electron chi connectivity index (χ1n) is 10.1. The van der Waals surface area contributed by atoms with Crippen LogP contribution in [0.1, 0.15) is 52.7 Å². The zero-order valence-electron chi connectivity index (χ0n) is 17.3. The Morgan fingerprint density at radius 3 is 2.63 bits per heavy atom. The molecule has 0 bridgehead atoms. The first kappa shape index (κ1) is 20.6. The van der Waals surface area contributed by atoms with Crippen molar-refractivity contribution in [1.82, 2.24) is 9.78 Å². The Kier molecular flexibility index (Phi) is 5.93. The number of nitrogens with zero attached hydrogens (tertiary/aromatic N) is 2. The molecule has 1 N–H and O–H groups in total. The van der Waals surface area contributed by atoms with Crippen LogP contribution in [0.25, 0.3) is 10.2 Å². The number of benzene rings is 2. The van der Waals surface area contributed by atoms with Crippen LogP contribution in [0, 0.1) is 6.92 Å². The van der Waals surface area contributed by atoms with Crippen LogP contribution in [-0.2, 0) is 6.54 Å². The van der Waals surface area contributed by atoms with Gasteiger partial charge in [-0.3, -0.25) is 9.48 Å². The number of amides is 1. The van der Waals surface area contributed by atoms with Crippen LogP contribution in [0.2, 0.25) is 5.02 Å². The molecule has 0 saturated carbocycles. The van der Waals surface area contributed by atoms with Gasteiger partial charge in [0.1, 0.15) is 4.83 Å². The summed E-state index contributed by atoms with van der Waals surface area (Å²) in [5, 5.41) is 9.37. The maximum absolute atomic E-state index is 12.8. The van der Waals surface area contributed by atoms with Crippen molar-refractivity contribution in [3.05, 3.63) is 81.3 Å². The fourth-order valence-electron chi connectivity index (χ4n) is 3.44. The summed E-state index contributed by atoms with van der Waals surface area (Å²) >= 11 is 7.77. The molecule has 1 amide bonds. The van der Waals surface area contributed by atoms with E-state index in [1.54, 1.807) is 0 Å². The van der Waals surface area contributed by atoms with E-state index in [0.29, 0.717) is 22.4 Å². The summed E-state index contributed by atoms with van der Waals surface area (Å²) in [7, 11) is 0. The smallest absolute Gasteiger partial charge is 0.265 e. The van der Waals surface area contributed by atoms with E-state index < -0.39 is 0 Å². The van der Waals surface area contributed by atoms with Crippen molar-refractivity contribution in [2.24, 2.45) is 0 Å². The van der Waals surface area contributed by atoms with Crippen molar-refractivity contribution in [3.63, 3.8) is 0 Å². The lowest BCUT2D eigenvalue weighted by Gasteiger charge is -2.10. The highest BCUT2D eigenvalue weighted by Gasteiger charge is 2.17. The Morgan fingerprint density at radius 1 is 1.20 bits per heavy atom. The molecule has 0 fully saturated rings. The average Bonchev–Trinajstić information content (AvgIpc) is 3.31. The quantitative estimate of drug-likeness (QED) is 0.357. The van der Waals surface area contributed by atoms with Gasteiger partial charge in [0.15, 0.2) is 0 Å². The van der Waals surface area contributed by atoms with Gasteiger partial charge in [-0.2, -0.15) is 5.10 Å². The predicted molar refractivity (Wildman–Crippen MR) is 126 cm³/mol. The zero-order chi connectivity index (χ0) is 21.3. The summed E-state index contributed by atoms with van der Waals surface area (Å²) in [5.41, 5.74) is 4.00.